The van der Waals surface area contributed by atoms with Crippen LogP contribution in [-0.2, 0) is 4.79 Å². The molecule has 142 valence electrons. The molecule has 0 fully saturated rings. The summed E-state index contributed by atoms with van der Waals surface area (Å²) in [6.07, 6.45) is 5.30. The second kappa shape index (κ2) is 7.97. The molecule has 3 rings (SSSR count). The van der Waals surface area contributed by atoms with E-state index in [2.05, 4.69) is 27.2 Å². The quantitative estimate of drug-likeness (QED) is 0.437. The van der Waals surface area contributed by atoms with E-state index in [0.29, 0.717) is 11.4 Å². The molecule has 1 amide bonds. The Balaban J connectivity index is 2.07. The topological polar surface area (TPSA) is 97.9 Å². The Bertz CT molecular complexity index is 1120. The number of carbonyl (C=O) groups is 1. The lowest BCUT2D eigenvalue weighted by molar-refractivity contribution is -0.111. The number of hydrogen-bond donors (Lipinski definition) is 3. The lowest BCUT2D eigenvalue weighted by Crippen LogP contribution is -2.09. The molecular formula is C19H17FN6OS. The Labute approximate surface area is 165 Å². The third kappa shape index (κ3) is 3.74. The summed E-state index contributed by atoms with van der Waals surface area (Å²) >= 11 is 4.83. The van der Waals surface area contributed by atoms with Gasteiger partial charge in [0, 0.05) is 28.8 Å². The number of nitrogens with zero attached hydrogens (tertiary/aromatic N) is 3. The third-order valence-corrected chi connectivity index (χ3v) is 4.23. The molecule has 0 saturated heterocycles. The number of halogens is 1. The van der Waals surface area contributed by atoms with Crippen LogP contribution in [0.15, 0.2) is 55.1 Å². The van der Waals surface area contributed by atoms with Crippen molar-refractivity contribution in [2.75, 3.05) is 10.6 Å². The van der Waals surface area contributed by atoms with Gasteiger partial charge in [-0.3, -0.25) is 9.36 Å². The van der Waals surface area contributed by atoms with Crippen molar-refractivity contribution < 1.29 is 9.18 Å². The summed E-state index contributed by atoms with van der Waals surface area (Å²) in [5.74, 6) is -0.675. The predicted molar refractivity (Wildman–Crippen MR) is 112 cm³/mol. The van der Waals surface area contributed by atoms with Crippen molar-refractivity contribution in [2.24, 2.45) is 5.73 Å². The van der Waals surface area contributed by atoms with Crippen LogP contribution in [0.3, 0.4) is 0 Å². The fraction of sp³-hybridized carbons (Fsp3) is 0.0526. The Hall–Kier alpha value is -3.59. The van der Waals surface area contributed by atoms with Crippen LogP contribution in [-0.4, -0.2) is 25.8 Å². The fourth-order valence-corrected chi connectivity index (χ4v) is 2.81. The molecule has 0 radical (unpaired) electrons. The number of nitrogens with two attached hydrogens (primary N) is 1. The molecular weight excluding hydrogens is 379 g/mol. The van der Waals surface area contributed by atoms with E-state index in [-0.39, 0.29) is 17.7 Å². The molecule has 4 N–H and O–H groups in total. The van der Waals surface area contributed by atoms with Gasteiger partial charge >= 0.3 is 0 Å². The van der Waals surface area contributed by atoms with Crippen LogP contribution in [0.5, 0.6) is 0 Å². The third-order valence-electron chi connectivity index (χ3n) is 3.97. The average molecular weight is 396 g/mol. The van der Waals surface area contributed by atoms with Crippen LogP contribution in [0.4, 0.5) is 16.0 Å². The lowest BCUT2D eigenvalue weighted by Gasteiger charge is -2.09. The zero-order valence-electron chi connectivity index (χ0n) is 14.9. The van der Waals surface area contributed by atoms with Gasteiger partial charge in [0.25, 0.3) is 0 Å². The zero-order chi connectivity index (χ0) is 20.3. The Morgan fingerprint density at radius 3 is 2.86 bits per heavy atom. The molecule has 0 bridgehead atoms. The normalized spacial score (nSPS) is 11.3. The average Bonchev–Trinajstić information content (AvgIpc) is 3.03. The molecule has 0 spiro atoms. The van der Waals surface area contributed by atoms with Crippen molar-refractivity contribution in [3.63, 3.8) is 0 Å². The van der Waals surface area contributed by atoms with Gasteiger partial charge in [0.1, 0.15) is 0 Å². The van der Waals surface area contributed by atoms with E-state index in [9.17, 15) is 9.18 Å². The van der Waals surface area contributed by atoms with E-state index in [1.54, 1.807) is 22.9 Å². The monoisotopic (exact) mass is 396 g/mol. The molecule has 3 aromatic rings. The van der Waals surface area contributed by atoms with Crippen LogP contribution in [0.2, 0.25) is 0 Å². The smallest absolute Gasteiger partial charge is 0.247 e. The van der Waals surface area contributed by atoms with E-state index in [1.807, 2.05) is 13.0 Å². The number of amides is 1. The first-order valence-corrected chi connectivity index (χ1v) is 8.66. The Kier molecular flexibility index (Phi) is 5.46. The van der Waals surface area contributed by atoms with Crippen molar-refractivity contribution in [2.45, 2.75) is 6.92 Å². The first kappa shape index (κ1) is 19.2. The molecule has 1 aromatic carbocycles. The molecule has 28 heavy (non-hydrogen) atoms. The van der Waals surface area contributed by atoms with Crippen LogP contribution >= 0.6 is 12.2 Å². The van der Waals surface area contributed by atoms with E-state index >= 15 is 0 Å². The van der Waals surface area contributed by atoms with Crippen molar-refractivity contribution in [1.29, 1.82) is 0 Å². The maximum atomic E-state index is 14.5. The van der Waals surface area contributed by atoms with E-state index in [0.717, 1.165) is 22.7 Å². The number of hydrogen-bond acceptors (Lipinski definition) is 6. The van der Waals surface area contributed by atoms with Gasteiger partial charge in [-0.25, -0.2) is 9.37 Å². The van der Waals surface area contributed by atoms with Crippen molar-refractivity contribution in [1.82, 2.24) is 14.5 Å². The maximum absolute atomic E-state index is 14.5. The molecule has 2 aromatic heterocycles. The summed E-state index contributed by atoms with van der Waals surface area (Å²) in [4.78, 5) is 19.7. The minimum Gasteiger partial charge on any atom is -0.403 e. The highest BCUT2D eigenvalue weighted by atomic mass is 32.1. The number of anilines is 2. The molecule has 9 heteroatoms. The fourth-order valence-electron chi connectivity index (χ4n) is 2.67. The highest BCUT2D eigenvalue weighted by molar-refractivity contribution is 7.79. The second-order valence-corrected chi connectivity index (χ2v) is 6.07. The van der Waals surface area contributed by atoms with E-state index in [1.165, 1.54) is 17.6 Å². The summed E-state index contributed by atoms with van der Waals surface area (Å²) in [5, 5.41) is 7.71. The number of rotatable bonds is 6. The first-order chi connectivity index (χ1) is 13.5. The van der Waals surface area contributed by atoms with Gasteiger partial charge in [0.05, 0.1) is 17.4 Å². The number of benzene rings is 1. The molecule has 0 saturated carbocycles. The van der Waals surface area contributed by atoms with Crippen molar-refractivity contribution >= 4 is 46.0 Å². The molecule has 7 nitrogen and oxygen atoms in total. The molecule has 0 aliphatic carbocycles. The lowest BCUT2D eigenvalue weighted by atomic mass is 10.2. The number of aryl methyl sites for hydroxylation is 1. The SMILES string of the molecule is C=CC(=O)Nc1ccc2c(c1)c(C)cn2-c1nc(NC(C=S)=CN)ncc1F. The Morgan fingerprint density at radius 2 is 2.18 bits per heavy atom. The number of aromatic nitrogens is 3. The summed E-state index contributed by atoms with van der Waals surface area (Å²) in [7, 11) is 0. The largest absolute Gasteiger partial charge is 0.403 e. The van der Waals surface area contributed by atoms with Gasteiger partial charge in [-0.2, -0.15) is 4.98 Å². The van der Waals surface area contributed by atoms with Gasteiger partial charge in [-0.1, -0.05) is 18.8 Å². The van der Waals surface area contributed by atoms with Crippen molar-refractivity contribution in [3.05, 3.63) is 66.5 Å². The van der Waals surface area contributed by atoms with E-state index < -0.39 is 5.82 Å². The summed E-state index contributed by atoms with van der Waals surface area (Å²) in [6.45, 7) is 5.32. The van der Waals surface area contributed by atoms with E-state index in [4.69, 9.17) is 18.0 Å². The Morgan fingerprint density at radius 1 is 1.39 bits per heavy atom. The highest BCUT2D eigenvalue weighted by Gasteiger charge is 2.15. The standard InChI is InChI=1S/C19H17FN6OS/c1-3-17(27)23-12-4-5-16-14(6-12)11(2)9-26(16)18-15(20)8-22-19(25-18)24-13(7-21)10-28/h3-10H,1,21H2,2H3,(H,23,27)(H,22,24,25). The minimum absolute atomic E-state index is 0.0687. The molecule has 0 atom stereocenters. The predicted octanol–water partition coefficient (Wildman–Crippen LogP) is 3.20. The molecule has 0 aliphatic rings. The molecule has 2 heterocycles. The van der Waals surface area contributed by atoms with Gasteiger partial charge in [0.2, 0.25) is 11.9 Å². The van der Waals surface area contributed by atoms with Crippen LogP contribution in [0, 0.1) is 12.7 Å². The van der Waals surface area contributed by atoms with Crippen LogP contribution in [0.25, 0.3) is 16.7 Å². The number of thiocarbonyl (C=S) groups is 1. The minimum atomic E-state index is -0.591. The highest BCUT2D eigenvalue weighted by Crippen LogP contribution is 2.28. The summed E-state index contributed by atoms with van der Waals surface area (Å²) < 4.78 is 16.1. The zero-order valence-corrected chi connectivity index (χ0v) is 15.8. The first-order valence-electron chi connectivity index (χ1n) is 8.19. The van der Waals surface area contributed by atoms with Gasteiger partial charge in [0.15, 0.2) is 11.6 Å². The number of fused-ring (bicyclic) bond motifs is 1. The van der Waals surface area contributed by atoms with Crippen LogP contribution in [0.1, 0.15) is 5.56 Å². The number of carbonyl (C=O) groups excluding carboxylic acids is 1. The number of nitrogens with one attached hydrogen (secondary N) is 2. The number of allylic oxidation sites excluding steroid dienone is 1. The molecule has 0 unspecified atom stereocenters. The summed E-state index contributed by atoms with van der Waals surface area (Å²) in [6, 6.07) is 5.31. The van der Waals surface area contributed by atoms with Crippen molar-refractivity contribution in [3.8, 4) is 5.82 Å². The van der Waals surface area contributed by atoms with Gasteiger partial charge in [-0.05, 0) is 36.8 Å². The van der Waals surface area contributed by atoms with Crippen LogP contribution < -0.4 is 16.4 Å². The molecule has 0 aliphatic heterocycles. The van der Waals surface area contributed by atoms with Gasteiger partial charge in [-0.15, -0.1) is 0 Å². The van der Waals surface area contributed by atoms with Gasteiger partial charge < -0.3 is 16.4 Å². The second-order valence-electron chi connectivity index (χ2n) is 5.84. The summed E-state index contributed by atoms with van der Waals surface area (Å²) in [5.41, 5.74) is 8.10. The maximum Gasteiger partial charge on any atom is 0.247 e.